The molecule has 0 spiro atoms. The van der Waals surface area contributed by atoms with Crippen LogP contribution in [0.25, 0.3) is 0 Å². The molecule has 0 bridgehead atoms. The van der Waals surface area contributed by atoms with Gasteiger partial charge >= 0.3 is 0 Å². The molecule has 4 rings (SSSR count). The van der Waals surface area contributed by atoms with Gasteiger partial charge in [-0.3, -0.25) is 9.89 Å². The summed E-state index contributed by atoms with van der Waals surface area (Å²) in [5.74, 6) is 1.53. The fourth-order valence-corrected chi connectivity index (χ4v) is 2.84. The molecule has 128 valence electrons. The highest BCUT2D eigenvalue weighted by Gasteiger charge is 2.23. The molecule has 1 aliphatic rings. The summed E-state index contributed by atoms with van der Waals surface area (Å²) in [5, 5.41) is 10.8. The number of aryl methyl sites for hydroxylation is 1. The number of rotatable bonds is 4. The zero-order valence-corrected chi connectivity index (χ0v) is 13.7. The van der Waals surface area contributed by atoms with E-state index in [0.717, 1.165) is 17.7 Å². The van der Waals surface area contributed by atoms with E-state index in [2.05, 4.69) is 20.3 Å². The summed E-state index contributed by atoms with van der Waals surface area (Å²) in [5.41, 5.74) is 2.77. The van der Waals surface area contributed by atoms with Crippen molar-refractivity contribution in [2.75, 3.05) is 6.54 Å². The molecule has 0 saturated carbocycles. The molecule has 1 N–H and O–H groups in total. The maximum Gasteiger partial charge on any atom is 0.254 e. The molecule has 3 aromatic rings. The standard InChI is InChI=1S/C17H17N5O3/c1-11-19-16(21-25-11)10-24-14-4-2-3-12(7-14)17(23)22-6-5-15-13(9-22)8-18-20-15/h2-4,7-8H,5-6,9-10H2,1H3,(H,18,20). The Morgan fingerprint density at radius 3 is 3.20 bits per heavy atom. The van der Waals surface area contributed by atoms with E-state index in [9.17, 15) is 4.79 Å². The summed E-state index contributed by atoms with van der Waals surface area (Å²) in [7, 11) is 0. The van der Waals surface area contributed by atoms with Crippen LogP contribution in [0.2, 0.25) is 0 Å². The van der Waals surface area contributed by atoms with Crippen molar-refractivity contribution in [3.8, 4) is 5.75 Å². The molecule has 0 fully saturated rings. The van der Waals surface area contributed by atoms with Crippen molar-refractivity contribution in [3.05, 3.63) is 59.0 Å². The number of fused-ring (bicyclic) bond motifs is 1. The molecule has 8 nitrogen and oxygen atoms in total. The number of H-pyrrole nitrogens is 1. The summed E-state index contributed by atoms with van der Waals surface area (Å²) in [6.45, 7) is 3.15. The van der Waals surface area contributed by atoms with E-state index >= 15 is 0 Å². The van der Waals surface area contributed by atoms with Crippen LogP contribution in [0.1, 0.15) is 33.3 Å². The predicted molar refractivity (Wildman–Crippen MR) is 86.8 cm³/mol. The number of aromatic nitrogens is 4. The lowest BCUT2D eigenvalue weighted by Crippen LogP contribution is -2.35. The Bertz CT molecular complexity index is 901. The number of nitrogens with one attached hydrogen (secondary N) is 1. The van der Waals surface area contributed by atoms with Crippen LogP contribution in [0.5, 0.6) is 5.75 Å². The highest BCUT2D eigenvalue weighted by Crippen LogP contribution is 2.21. The van der Waals surface area contributed by atoms with Crippen molar-refractivity contribution < 1.29 is 14.1 Å². The van der Waals surface area contributed by atoms with Crippen molar-refractivity contribution in [1.82, 2.24) is 25.2 Å². The van der Waals surface area contributed by atoms with Gasteiger partial charge in [-0.1, -0.05) is 11.2 Å². The number of carbonyl (C=O) groups is 1. The van der Waals surface area contributed by atoms with E-state index in [1.807, 2.05) is 4.90 Å². The number of carbonyl (C=O) groups excluding carboxylic acids is 1. The quantitative estimate of drug-likeness (QED) is 0.779. The second kappa shape index (κ2) is 6.39. The Morgan fingerprint density at radius 1 is 1.44 bits per heavy atom. The number of amides is 1. The van der Waals surface area contributed by atoms with Crippen molar-refractivity contribution in [2.45, 2.75) is 26.5 Å². The first-order valence-corrected chi connectivity index (χ1v) is 8.01. The van der Waals surface area contributed by atoms with Crippen LogP contribution in [-0.2, 0) is 19.6 Å². The Balaban J connectivity index is 1.44. The van der Waals surface area contributed by atoms with E-state index in [-0.39, 0.29) is 12.5 Å². The van der Waals surface area contributed by atoms with Gasteiger partial charge in [-0.15, -0.1) is 0 Å². The van der Waals surface area contributed by atoms with Crippen molar-refractivity contribution in [1.29, 1.82) is 0 Å². The van der Waals surface area contributed by atoms with Crippen molar-refractivity contribution in [3.63, 3.8) is 0 Å². The highest BCUT2D eigenvalue weighted by atomic mass is 16.5. The van der Waals surface area contributed by atoms with Gasteiger partial charge in [0.1, 0.15) is 5.75 Å². The Labute approximate surface area is 143 Å². The summed E-state index contributed by atoms with van der Waals surface area (Å²) in [6.07, 6.45) is 2.57. The molecule has 1 amide bonds. The van der Waals surface area contributed by atoms with Gasteiger partial charge in [0.2, 0.25) is 11.7 Å². The zero-order valence-electron chi connectivity index (χ0n) is 13.7. The van der Waals surface area contributed by atoms with Gasteiger partial charge in [-0.25, -0.2) is 0 Å². The maximum atomic E-state index is 12.8. The van der Waals surface area contributed by atoms with Crippen LogP contribution in [0.15, 0.2) is 35.0 Å². The lowest BCUT2D eigenvalue weighted by Gasteiger charge is -2.26. The Hall–Kier alpha value is -3.16. The molecule has 0 saturated heterocycles. The topological polar surface area (TPSA) is 97.1 Å². The molecule has 0 aliphatic carbocycles. The fraction of sp³-hybridized carbons (Fsp3) is 0.294. The van der Waals surface area contributed by atoms with E-state index in [4.69, 9.17) is 9.26 Å². The van der Waals surface area contributed by atoms with E-state index in [1.54, 1.807) is 37.4 Å². The van der Waals surface area contributed by atoms with Gasteiger partial charge in [0, 0.05) is 43.3 Å². The molecular formula is C17H17N5O3. The number of nitrogens with zero attached hydrogens (tertiary/aromatic N) is 4. The number of hydrogen-bond donors (Lipinski definition) is 1. The number of hydrogen-bond acceptors (Lipinski definition) is 6. The second-order valence-corrected chi connectivity index (χ2v) is 5.90. The first-order chi connectivity index (χ1) is 12.2. The zero-order chi connectivity index (χ0) is 17.2. The summed E-state index contributed by atoms with van der Waals surface area (Å²) in [4.78, 5) is 18.7. The van der Waals surface area contributed by atoms with E-state index in [1.165, 1.54) is 0 Å². The smallest absolute Gasteiger partial charge is 0.254 e. The third kappa shape index (κ3) is 3.23. The van der Waals surface area contributed by atoms with E-state index < -0.39 is 0 Å². The normalized spacial score (nSPS) is 13.6. The maximum absolute atomic E-state index is 12.8. The SMILES string of the molecule is Cc1nc(COc2cccc(C(=O)N3CCc4[nH]ncc4C3)c2)no1. The number of aromatic amines is 1. The van der Waals surface area contributed by atoms with E-state index in [0.29, 0.717) is 36.1 Å². The van der Waals surface area contributed by atoms with Crippen LogP contribution in [0, 0.1) is 6.92 Å². The van der Waals surface area contributed by atoms with Crippen molar-refractivity contribution >= 4 is 5.91 Å². The average Bonchev–Trinajstić information content (AvgIpc) is 3.27. The minimum Gasteiger partial charge on any atom is -0.485 e. The molecule has 0 atom stereocenters. The lowest BCUT2D eigenvalue weighted by molar-refractivity contribution is 0.0734. The van der Waals surface area contributed by atoms with Crippen LogP contribution in [0.3, 0.4) is 0 Å². The molecule has 1 aliphatic heterocycles. The second-order valence-electron chi connectivity index (χ2n) is 5.90. The number of ether oxygens (including phenoxy) is 1. The van der Waals surface area contributed by atoms with Gasteiger partial charge < -0.3 is 14.2 Å². The third-order valence-corrected chi connectivity index (χ3v) is 4.11. The van der Waals surface area contributed by atoms with Crippen LogP contribution < -0.4 is 4.74 Å². The molecule has 8 heteroatoms. The minimum absolute atomic E-state index is 0.0206. The van der Waals surface area contributed by atoms with Gasteiger partial charge in [0.05, 0.1) is 6.20 Å². The minimum atomic E-state index is -0.0206. The van der Waals surface area contributed by atoms with Gasteiger partial charge in [-0.05, 0) is 18.2 Å². The molecule has 1 aromatic carbocycles. The molecule has 3 heterocycles. The molecule has 0 unspecified atom stereocenters. The summed E-state index contributed by atoms with van der Waals surface area (Å²) >= 11 is 0. The van der Waals surface area contributed by atoms with Gasteiger partial charge in [0.15, 0.2) is 6.61 Å². The molecular weight excluding hydrogens is 322 g/mol. The van der Waals surface area contributed by atoms with Crippen LogP contribution in [0.4, 0.5) is 0 Å². The third-order valence-electron chi connectivity index (χ3n) is 4.11. The molecule has 0 radical (unpaired) electrons. The highest BCUT2D eigenvalue weighted by molar-refractivity contribution is 5.94. The van der Waals surface area contributed by atoms with Crippen LogP contribution in [-0.4, -0.2) is 37.7 Å². The van der Waals surface area contributed by atoms with Gasteiger partial charge in [-0.2, -0.15) is 10.1 Å². The predicted octanol–water partition coefficient (Wildman–Crippen LogP) is 1.88. The largest absolute Gasteiger partial charge is 0.485 e. The fourth-order valence-electron chi connectivity index (χ4n) is 2.84. The first kappa shape index (κ1) is 15.4. The summed E-state index contributed by atoms with van der Waals surface area (Å²) < 4.78 is 10.6. The van der Waals surface area contributed by atoms with Gasteiger partial charge in [0.25, 0.3) is 5.91 Å². The first-order valence-electron chi connectivity index (χ1n) is 8.01. The molecule has 25 heavy (non-hydrogen) atoms. The monoisotopic (exact) mass is 339 g/mol. The molecule has 2 aromatic heterocycles. The van der Waals surface area contributed by atoms with Crippen molar-refractivity contribution in [2.24, 2.45) is 0 Å². The number of benzene rings is 1. The Morgan fingerprint density at radius 2 is 2.36 bits per heavy atom. The average molecular weight is 339 g/mol. The lowest BCUT2D eigenvalue weighted by atomic mass is 10.1. The summed E-state index contributed by atoms with van der Waals surface area (Å²) in [6, 6.07) is 7.13. The Kier molecular flexibility index (Phi) is 3.93. The van der Waals surface area contributed by atoms with Crippen LogP contribution >= 0.6 is 0 Å².